The van der Waals surface area contributed by atoms with Gasteiger partial charge in [-0.2, -0.15) is 0 Å². The summed E-state index contributed by atoms with van der Waals surface area (Å²) < 4.78 is 12.9. The molecular formula is C16H16FNOS. The minimum atomic E-state index is -0.241. The van der Waals surface area contributed by atoms with Crippen LogP contribution >= 0.6 is 11.3 Å². The Morgan fingerprint density at radius 2 is 1.70 bits per heavy atom. The number of halogens is 1. The maximum Gasteiger partial charge on any atom is 0.263 e. The van der Waals surface area contributed by atoms with E-state index in [1.807, 2.05) is 17.0 Å². The van der Waals surface area contributed by atoms with E-state index in [1.54, 1.807) is 12.1 Å². The SMILES string of the molecule is O=C(c1ccc(-c2ccc(F)cc2)s1)N1CCCCC1. The lowest BCUT2D eigenvalue weighted by Crippen LogP contribution is -2.35. The van der Waals surface area contributed by atoms with Gasteiger partial charge in [0, 0.05) is 18.0 Å². The second-order valence-corrected chi connectivity index (χ2v) is 6.11. The number of hydrogen-bond donors (Lipinski definition) is 0. The molecule has 0 spiro atoms. The van der Waals surface area contributed by atoms with Crippen molar-refractivity contribution in [1.82, 2.24) is 4.90 Å². The molecule has 2 nitrogen and oxygen atoms in total. The van der Waals surface area contributed by atoms with E-state index in [0.717, 1.165) is 41.2 Å². The fraction of sp³-hybridized carbons (Fsp3) is 0.312. The molecule has 1 saturated heterocycles. The van der Waals surface area contributed by atoms with Crippen LogP contribution in [-0.4, -0.2) is 23.9 Å². The number of nitrogens with zero attached hydrogens (tertiary/aromatic N) is 1. The lowest BCUT2D eigenvalue weighted by atomic mass is 10.1. The third-order valence-electron chi connectivity index (χ3n) is 3.59. The van der Waals surface area contributed by atoms with Gasteiger partial charge >= 0.3 is 0 Å². The lowest BCUT2D eigenvalue weighted by Gasteiger charge is -2.26. The normalized spacial score (nSPS) is 15.3. The van der Waals surface area contributed by atoms with E-state index in [0.29, 0.717) is 0 Å². The van der Waals surface area contributed by atoms with Crippen molar-refractivity contribution in [1.29, 1.82) is 0 Å². The predicted octanol–water partition coefficient (Wildman–Crippen LogP) is 4.18. The number of carbonyl (C=O) groups excluding carboxylic acids is 1. The van der Waals surface area contributed by atoms with Gasteiger partial charge in [-0.05, 0) is 49.1 Å². The Hall–Kier alpha value is -1.68. The molecule has 0 unspecified atom stereocenters. The van der Waals surface area contributed by atoms with Gasteiger partial charge in [0.05, 0.1) is 4.88 Å². The zero-order valence-corrected chi connectivity index (χ0v) is 12.0. The molecule has 3 rings (SSSR count). The first-order chi connectivity index (χ1) is 9.74. The summed E-state index contributed by atoms with van der Waals surface area (Å²) in [7, 11) is 0. The topological polar surface area (TPSA) is 20.3 Å². The number of hydrogen-bond acceptors (Lipinski definition) is 2. The first-order valence-corrected chi connectivity index (χ1v) is 7.71. The van der Waals surface area contributed by atoms with E-state index in [-0.39, 0.29) is 11.7 Å². The predicted molar refractivity (Wildman–Crippen MR) is 79.5 cm³/mol. The van der Waals surface area contributed by atoms with Crippen LogP contribution in [0.25, 0.3) is 10.4 Å². The Balaban J connectivity index is 1.79. The second-order valence-electron chi connectivity index (χ2n) is 5.02. The molecule has 1 aliphatic rings. The maximum atomic E-state index is 12.9. The Morgan fingerprint density at radius 3 is 2.40 bits per heavy atom. The summed E-state index contributed by atoms with van der Waals surface area (Å²) in [6.07, 6.45) is 3.42. The van der Waals surface area contributed by atoms with Crippen LogP contribution in [-0.2, 0) is 0 Å². The van der Waals surface area contributed by atoms with Crippen molar-refractivity contribution in [3.63, 3.8) is 0 Å². The van der Waals surface area contributed by atoms with Crippen molar-refractivity contribution in [2.45, 2.75) is 19.3 Å². The molecule has 0 radical (unpaired) electrons. The Morgan fingerprint density at radius 1 is 1.00 bits per heavy atom. The van der Waals surface area contributed by atoms with Crippen LogP contribution in [0.1, 0.15) is 28.9 Å². The molecule has 1 fully saturated rings. The summed E-state index contributed by atoms with van der Waals surface area (Å²) in [4.78, 5) is 16.1. The van der Waals surface area contributed by atoms with Gasteiger partial charge in [0.15, 0.2) is 0 Å². The first kappa shape index (κ1) is 13.3. The molecule has 1 amide bonds. The Bertz CT molecular complexity index is 599. The number of carbonyl (C=O) groups is 1. The summed E-state index contributed by atoms with van der Waals surface area (Å²) in [6, 6.07) is 10.2. The third-order valence-corrected chi connectivity index (χ3v) is 4.71. The molecular weight excluding hydrogens is 273 g/mol. The average Bonchev–Trinajstić information content (AvgIpc) is 2.98. The number of benzene rings is 1. The highest BCUT2D eigenvalue weighted by Gasteiger charge is 2.19. The minimum absolute atomic E-state index is 0.128. The van der Waals surface area contributed by atoms with Crippen LogP contribution < -0.4 is 0 Å². The molecule has 0 atom stereocenters. The fourth-order valence-electron chi connectivity index (χ4n) is 2.47. The summed E-state index contributed by atoms with van der Waals surface area (Å²) in [5.74, 6) is -0.113. The third kappa shape index (κ3) is 2.75. The van der Waals surface area contributed by atoms with Gasteiger partial charge < -0.3 is 4.90 Å². The van der Waals surface area contributed by atoms with Gasteiger partial charge in [-0.1, -0.05) is 12.1 Å². The molecule has 1 aromatic heterocycles. The minimum Gasteiger partial charge on any atom is -0.338 e. The van der Waals surface area contributed by atoms with Crippen LogP contribution in [0.2, 0.25) is 0 Å². The number of amides is 1. The molecule has 0 N–H and O–H groups in total. The number of thiophene rings is 1. The summed E-state index contributed by atoms with van der Waals surface area (Å²) in [5.41, 5.74) is 0.953. The molecule has 1 aliphatic heterocycles. The average molecular weight is 289 g/mol. The van der Waals surface area contributed by atoms with E-state index < -0.39 is 0 Å². The molecule has 0 saturated carbocycles. The molecule has 0 bridgehead atoms. The Labute approximate surface area is 121 Å². The molecule has 0 aliphatic carbocycles. The van der Waals surface area contributed by atoms with E-state index in [4.69, 9.17) is 0 Å². The van der Waals surface area contributed by atoms with Gasteiger partial charge in [0.2, 0.25) is 0 Å². The second kappa shape index (κ2) is 5.75. The van der Waals surface area contributed by atoms with Crippen molar-refractivity contribution in [2.24, 2.45) is 0 Å². The van der Waals surface area contributed by atoms with Crippen LogP contribution in [0.3, 0.4) is 0 Å². The van der Waals surface area contributed by atoms with Crippen molar-refractivity contribution >= 4 is 17.2 Å². The van der Waals surface area contributed by atoms with E-state index in [9.17, 15) is 9.18 Å². The standard InChI is InChI=1S/C16H16FNOS/c17-13-6-4-12(5-7-13)14-8-9-15(20-14)16(19)18-10-2-1-3-11-18/h4-9H,1-3,10-11H2. The summed E-state index contributed by atoms with van der Waals surface area (Å²) in [6.45, 7) is 1.73. The van der Waals surface area contributed by atoms with Crippen molar-refractivity contribution in [2.75, 3.05) is 13.1 Å². The van der Waals surface area contributed by atoms with Gasteiger partial charge in [0.25, 0.3) is 5.91 Å². The van der Waals surface area contributed by atoms with Crippen LogP contribution in [0.5, 0.6) is 0 Å². The quantitative estimate of drug-likeness (QED) is 0.812. The van der Waals surface area contributed by atoms with Crippen LogP contribution in [0, 0.1) is 5.82 Å². The Kier molecular flexibility index (Phi) is 3.83. The molecule has 2 aromatic rings. The highest BCUT2D eigenvalue weighted by atomic mass is 32.1. The first-order valence-electron chi connectivity index (χ1n) is 6.89. The largest absolute Gasteiger partial charge is 0.338 e. The van der Waals surface area contributed by atoms with Gasteiger partial charge in [-0.25, -0.2) is 4.39 Å². The van der Waals surface area contributed by atoms with Crippen LogP contribution in [0.4, 0.5) is 4.39 Å². The molecule has 20 heavy (non-hydrogen) atoms. The smallest absolute Gasteiger partial charge is 0.263 e. The molecule has 1 aromatic carbocycles. The summed E-state index contributed by atoms with van der Waals surface area (Å²) in [5, 5.41) is 0. The number of likely N-dealkylation sites (tertiary alicyclic amines) is 1. The molecule has 4 heteroatoms. The van der Waals surface area contributed by atoms with E-state index in [2.05, 4.69) is 0 Å². The van der Waals surface area contributed by atoms with Crippen molar-refractivity contribution in [3.05, 3.63) is 47.1 Å². The number of rotatable bonds is 2. The zero-order valence-electron chi connectivity index (χ0n) is 11.1. The molecule has 104 valence electrons. The number of piperidine rings is 1. The van der Waals surface area contributed by atoms with E-state index >= 15 is 0 Å². The van der Waals surface area contributed by atoms with Crippen molar-refractivity contribution < 1.29 is 9.18 Å². The highest BCUT2D eigenvalue weighted by molar-refractivity contribution is 7.17. The fourth-order valence-corrected chi connectivity index (χ4v) is 3.45. The van der Waals surface area contributed by atoms with Gasteiger partial charge in [0.1, 0.15) is 5.82 Å². The van der Waals surface area contributed by atoms with Crippen molar-refractivity contribution in [3.8, 4) is 10.4 Å². The van der Waals surface area contributed by atoms with E-state index in [1.165, 1.54) is 29.9 Å². The highest BCUT2D eigenvalue weighted by Crippen LogP contribution is 2.29. The molecule has 2 heterocycles. The zero-order chi connectivity index (χ0) is 13.9. The summed E-state index contributed by atoms with van der Waals surface area (Å²) >= 11 is 1.48. The van der Waals surface area contributed by atoms with Crippen LogP contribution in [0.15, 0.2) is 36.4 Å². The lowest BCUT2D eigenvalue weighted by molar-refractivity contribution is 0.0729. The monoisotopic (exact) mass is 289 g/mol. The van der Waals surface area contributed by atoms with Gasteiger partial charge in [-0.3, -0.25) is 4.79 Å². The van der Waals surface area contributed by atoms with Gasteiger partial charge in [-0.15, -0.1) is 11.3 Å². The maximum absolute atomic E-state index is 12.9.